The van der Waals surface area contributed by atoms with E-state index in [2.05, 4.69) is 9.97 Å². The van der Waals surface area contributed by atoms with Crippen LogP contribution in [0, 0.1) is 0 Å². The van der Waals surface area contributed by atoms with E-state index in [0.717, 1.165) is 18.9 Å². The maximum atomic E-state index is 11.7. The van der Waals surface area contributed by atoms with Crippen molar-refractivity contribution in [3.05, 3.63) is 38.5 Å². The molecule has 0 fully saturated rings. The van der Waals surface area contributed by atoms with Gasteiger partial charge < -0.3 is 4.98 Å². The third-order valence-electron chi connectivity index (χ3n) is 3.00. The molecule has 2 aromatic rings. The van der Waals surface area contributed by atoms with Crippen molar-refractivity contribution in [2.24, 2.45) is 0 Å². The van der Waals surface area contributed by atoms with Crippen molar-refractivity contribution in [1.29, 1.82) is 0 Å². The smallest absolute Gasteiger partial charge is 0.307 e. The SMILES string of the molecule is CCCCc1cc2c(=O)[nH]c(=O)[nH]c2cc1S(=O)(=O)O. The molecule has 0 aliphatic heterocycles. The Morgan fingerprint density at radius 3 is 2.50 bits per heavy atom. The minimum Gasteiger partial charge on any atom is -0.307 e. The molecule has 0 saturated carbocycles. The molecule has 2 rings (SSSR count). The van der Waals surface area contributed by atoms with Gasteiger partial charge in [-0.3, -0.25) is 14.3 Å². The molecule has 0 aliphatic rings. The molecule has 0 spiro atoms. The van der Waals surface area contributed by atoms with Crippen LogP contribution >= 0.6 is 0 Å². The van der Waals surface area contributed by atoms with E-state index in [1.54, 1.807) is 0 Å². The summed E-state index contributed by atoms with van der Waals surface area (Å²) in [4.78, 5) is 27.0. The van der Waals surface area contributed by atoms with Gasteiger partial charge in [-0.25, -0.2) is 4.79 Å². The lowest BCUT2D eigenvalue weighted by atomic mass is 10.1. The van der Waals surface area contributed by atoms with Crippen molar-refractivity contribution in [2.45, 2.75) is 31.1 Å². The minimum atomic E-state index is -4.42. The summed E-state index contributed by atoms with van der Waals surface area (Å²) in [7, 11) is -4.42. The molecule has 0 aliphatic carbocycles. The summed E-state index contributed by atoms with van der Waals surface area (Å²) in [5.74, 6) is 0. The van der Waals surface area contributed by atoms with Crippen LogP contribution < -0.4 is 11.2 Å². The maximum absolute atomic E-state index is 11.7. The molecule has 1 heterocycles. The van der Waals surface area contributed by atoms with E-state index in [1.165, 1.54) is 6.07 Å². The summed E-state index contributed by atoms with van der Waals surface area (Å²) >= 11 is 0. The number of fused-ring (bicyclic) bond motifs is 1. The number of aromatic nitrogens is 2. The van der Waals surface area contributed by atoms with Crippen LogP contribution in [0.4, 0.5) is 0 Å². The van der Waals surface area contributed by atoms with Crippen LogP contribution in [0.15, 0.2) is 26.6 Å². The maximum Gasteiger partial charge on any atom is 0.326 e. The molecular formula is C12H14N2O5S. The Kier molecular flexibility index (Phi) is 3.78. The molecule has 1 aromatic heterocycles. The fourth-order valence-electron chi connectivity index (χ4n) is 2.04. The Labute approximate surface area is 114 Å². The molecule has 0 amide bonds. The average molecular weight is 298 g/mol. The number of benzene rings is 1. The molecule has 0 atom stereocenters. The first kappa shape index (κ1) is 14.5. The quantitative estimate of drug-likeness (QED) is 0.721. The average Bonchev–Trinajstić information content (AvgIpc) is 2.34. The highest BCUT2D eigenvalue weighted by Crippen LogP contribution is 2.22. The Morgan fingerprint density at radius 2 is 1.90 bits per heavy atom. The van der Waals surface area contributed by atoms with E-state index in [9.17, 15) is 22.6 Å². The number of nitrogens with one attached hydrogen (secondary N) is 2. The second-order valence-electron chi connectivity index (χ2n) is 4.49. The standard InChI is InChI=1S/C12H14N2O5S/c1-2-3-4-7-5-8-9(6-10(7)20(17,18)19)13-12(16)14-11(8)15/h5-6H,2-4H2,1H3,(H,17,18,19)(H2,13,14,15,16). The Morgan fingerprint density at radius 1 is 1.20 bits per heavy atom. The Hall–Kier alpha value is -1.93. The van der Waals surface area contributed by atoms with Crippen LogP contribution in [-0.4, -0.2) is 22.9 Å². The zero-order valence-electron chi connectivity index (χ0n) is 10.8. The highest BCUT2D eigenvalue weighted by Gasteiger charge is 2.17. The van der Waals surface area contributed by atoms with Crippen molar-refractivity contribution in [3.63, 3.8) is 0 Å². The lowest BCUT2D eigenvalue weighted by Crippen LogP contribution is -2.22. The fraction of sp³-hybridized carbons (Fsp3) is 0.333. The summed E-state index contributed by atoms with van der Waals surface area (Å²) in [6.45, 7) is 1.94. The number of aromatic amines is 2. The predicted octanol–water partition coefficient (Wildman–Crippen LogP) is 0.806. The third kappa shape index (κ3) is 2.81. The summed E-state index contributed by atoms with van der Waals surface area (Å²) < 4.78 is 32.1. The van der Waals surface area contributed by atoms with Crippen molar-refractivity contribution in [1.82, 2.24) is 9.97 Å². The topological polar surface area (TPSA) is 120 Å². The van der Waals surface area contributed by atoms with E-state index in [4.69, 9.17) is 0 Å². The summed E-state index contributed by atoms with van der Waals surface area (Å²) in [6.07, 6.45) is 1.97. The third-order valence-corrected chi connectivity index (χ3v) is 3.93. The number of hydrogen-bond acceptors (Lipinski definition) is 4. The van der Waals surface area contributed by atoms with Gasteiger partial charge >= 0.3 is 5.69 Å². The zero-order chi connectivity index (χ0) is 14.9. The monoisotopic (exact) mass is 298 g/mol. The Balaban J connectivity index is 2.81. The molecule has 1 aromatic carbocycles. The van der Waals surface area contributed by atoms with Crippen LogP contribution in [0.5, 0.6) is 0 Å². The van der Waals surface area contributed by atoms with Gasteiger partial charge in [0.05, 0.1) is 15.8 Å². The van der Waals surface area contributed by atoms with Gasteiger partial charge in [0.15, 0.2) is 0 Å². The minimum absolute atomic E-state index is 0.0756. The molecule has 0 saturated heterocycles. The van der Waals surface area contributed by atoms with Gasteiger partial charge in [0.2, 0.25) is 0 Å². The lowest BCUT2D eigenvalue weighted by Gasteiger charge is -2.08. The second kappa shape index (κ2) is 5.22. The van der Waals surface area contributed by atoms with Gasteiger partial charge in [-0.1, -0.05) is 13.3 Å². The van der Waals surface area contributed by atoms with Crippen LogP contribution in [-0.2, 0) is 16.5 Å². The first-order chi connectivity index (χ1) is 9.32. The molecule has 8 heteroatoms. The van der Waals surface area contributed by atoms with E-state index < -0.39 is 21.4 Å². The second-order valence-corrected chi connectivity index (χ2v) is 5.88. The van der Waals surface area contributed by atoms with Crippen LogP contribution in [0.1, 0.15) is 25.3 Å². The summed E-state index contributed by atoms with van der Waals surface area (Å²) in [5, 5.41) is 0.183. The van der Waals surface area contributed by atoms with Gasteiger partial charge in [-0.05, 0) is 30.5 Å². The van der Waals surface area contributed by atoms with Gasteiger partial charge in [0.1, 0.15) is 0 Å². The highest BCUT2D eigenvalue weighted by molar-refractivity contribution is 7.85. The fourth-order valence-corrected chi connectivity index (χ4v) is 2.80. The molecule has 108 valence electrons. The highest BCUT2D eigenvalue weighted by atomic mass is 32.2. The van der Waals surface area contributed by atoms with E-state index in [-0.39, 0.29) is 15.8 Å². The molecule has 0 radical (unpaired) electrons. The molecule has 20 heavy (non-hydrogen) atoms. The number of rotatable bonds is 4. The van der Waals surface area contributed by atoms with Gasteiger partial charge in [-0.2, -0.15) is 8.42 Å². The number of H-pyrrole nitrogens is 2. The van der Waals surface area contributed by atoms with Gasteiger partial charge in [0.25, 0.3) is 15.7 Å². The predicted molar refractivity (Wildman–Crippen MR) is 73.6 cm³/mol. The van der Waals surface area contributed by atoms with Crippen molar-refractivity contribution < 1.29 is 13.0 Å². The first-order valence-corrected chi connectivity index (χ1v) is 7.53. The van der Waals surface area contributed by atoms with E-state index >= 15 is 0 Å². The van der Waals surface area contributed by atoms with E-state index in [0.29, 0.717) is 12.0 Å². The van der Waals surface area contributed by atoms with Crippen LogP contribution in [0.2, 0.25) is 0 Å². The van der Waals surface area contributed by atoms with Crippen molar-refractivity contribution in [2.75, 3.05) is 0 Å². The van der Waals surface area contributed by atoms with Gasteiger partial charge in [0, 0.05) is 0 Å². The molecular weight excluding hydrogens is 284 g/mol. The summed E-state index contributed by atoms with van der Waals surface area (Å²) in [5.41, 5.74) is -0.889. The normalized spacial score (nSPS) is 11.9. The molecule has 0 bridgehead atoms. The van der Waals surface area contributed by atoms with Crippen molar-refractivity contribution >= 4 is 21.0 Å². The number of aryl methyl sites for hydroxylation is 1. The molecule has 7 nitrogen and oxygen atoms in total. The van der Waals surface area contributed by atoms with E-state index in [1.807, 2.05) is 6.92 Å². The molecule has 0 unspecified atom stereocenters. The van der Waals surface area contributed by atoms with Crippen LogP contribution in [0.3, 0.4) is 0 Å². The number of unbranched alkanes of at least 4 members (excludes halogenated alkanes) is 1. The number of hydrogen-bond donors (Lipinski definition) is 3. The van der Waals surface area contributed by atoms with Gasteiger partial charge in [-0.15, -0.1) is 0 Å². The largest absolute Gasteiger partial charge is 0.326 e. The summed E-state index contributed by atoms with van der Waals surface area (Å²) in [6, 6.07) is 2.51. The lowest BCUT2D eigenvalue weighted by molar-refractivity contribution is 0.482. The Bertz CT molecular complexity index is 864. The van der Waals surface area contributed by atoms with Crippen LogP contribution in [0.25, 0.3) is 10.9 Å². The first-order valence-electron chi connectivity index (χ1n) is 6.09. The van der Waals surface area contributed by atoms with Crippen molar-refractivity contribution in [3.8, 4) is 0 Å². The molecule has 3 N–H and O–H groups in total. The zero-order valence-corrected chi connectivity index (χ0v) is 11.6.